The SMILES string of the molecule is Cc1ccc(S(=O)(=O)n2cc(-c3ccn(Cc4ccc(Cl)c(I)c4)c(=O)c3)c3cc(N4CCOCC4)cnc32)cc1. The maximum atomic E-state index is 13.8. The van der Waals surface area contributed by atoms with E-state index in [0.717, 1.165) is 20.4 Å². The number of fused-ring (bicyclic) bond motifs is 1. The molecule has 0 bridgehead atoms. The molecule has 1 aliphatic rings. The number of halogens is 2. The first kappa shape index (κ1) is 28.0. The molecule has 4 heterocycles. The normalized spacial score (nSPS) is 14.1. The van der Waals surface area contributed by atoms with Crippen LogP contribution >= 0.6 is 34.2 Å². The van der Waals surface area contributed by atoms with Gasteiger partial charge in [-0.05, 0) is 77.0 Å². The first-order valence-electron chi connectivity index (χ1n) is 13.0. The fourth-order valence-corrected chi connectivity index (χ4v) is 6.96. The summed E-state index contributed by atoms with van der Waals surface area (Å²) in [5.74, 6) is 0. The van der Waals surface area contributed by atoms with Crippen LogP contribution in [0.5, 0.6) is 0 Å². The second-order valence-electron chi connectivity index (χ2n) is 9.95. The Morgan fingerprint density at radius 3 is 2.49 bits per heavy atom. The van der Waals surface area contributed by atoms with Gasteiger partial charge in [-0.15, -0.1) is 0 Å². The van der Waals surface area contributed by atoms with E-state index in [1.807, 2.05) is 37.3 Å². The van der Waals surface area contributed by atoms with Gasteiger partial charge in [0.1, 0.15) is 0 Å². The van der Waals surface area contributed by atoms with Crippen molar-refractivity contribution in [2.75, 3.05) is 31.2 Å². The van der Waals surface area contributed by atoms with E-state index in [9.17, 15) is 13.2 Å². The summed E-state index contributed by atoms with van der Waals surface area (Å²) in [6.07, 6.45) is 5.00. The average molecular weight is 701 g/mol. The average Bonchev–Trinajstić information content (AvgIpc) is 3.36. The Hall–Kier alpha value is -3.19. The molecule has 1 fully saturated rings. The molecule has 0 saturated carbocycles. The van der Waals surface area contributed by atoms with Crippen molar-refractivity contribution in [2.45, 2.75) is 18.4 Å². The smallest absolute Gasteiger partial charge is 0.269 e. The highest BCUT2D eigenvalue weighted by Gasteiger charge is 2.24. The monoisotopic (exact) mass is 700 g/mol. The van der Waals surface area contributed by atoms with Gasteiger partial charge in [0, 0.05) is 46.1 Å². The lowest BCUT2D eigenvalue weighted by molar-refractivity contribution is 0.122. The number of pyridine rings is 2. The number of rotatable bonds is 6. The minimum Gasteiger partial charge on any atom is -0.378 e. The molecule has 1 aliphatic heterocycles. The van der Waals surface area contributed by atoms with Gasteiger partial charge < -0.3 is 14.2 Å². The first-order chi connectivity index (χ1) is 19.7. The zero-order valence-corrected chi connectivity index (χ0v) is 25.9. The predicted octanol–water partition coefficient (Wildman–Crippen LogP) is 5.55. The van der Waals surface area contributed by atoms with Crippen LogP contribution in [0, 0.1) is 10.5 Å². The summed E-state index contributed by atoms with van der Waals surface area (Å²) in [5, 5.41) is 1.31. The summed E-state index contributed by atoms with van der Waals surface area (Å²) in [6.45, 7) is 4.94. The molecule has 3 aromatic heterocycles. The van der Waals surface area contributed by atoms with Crippen LogP contribution < -0.4 is 10.5 Å². The molecule has 0 unspecified atom stereocenters. The van der Waals surface area contributed by atoms with Crippen LogP contribution in [0.25, 0.3) is 22.2 Å². The molecule has 1 saturated heterocycles. The predicted molar refractivity (Wildman–Crippen MR) is 169 cm³/mol. The number of aromatic nitrogens is 3. The Balaban J connectivity index is 1.46. The fraction of sp³-hybridized carbons (Fsp3) is 0.200. The van der Waals surface area contributed by atoms with Gasteiger partial charge in [-0.3, -0.25) is 4.79 Å². The van der Waals surface area contributed by atoms with Crippen LogP contribution in [0.3, 0.4) is 0 Å². The number of ether oxygens (including phenoxy) is 1. The molecule has 8 nitrogen and oxygen atoms in total. The number of anilines is 1. The van der Waals surface area contributed by atoms with Crippen molar-refractivity contribution >= 4 is 60.9 Å². The van der Waals surface area contributed by atoms with E-state index >= 15 is 0 Å². The van der Waals surface area contributed by atoms with E-state index in [1.54, 1.807) is 53.5 Å². The highest BCUT2D eigenvalue weighted by atomic mass is 127. The van der Waals surface area contributed by atoms with Gasteiger partial charge in [-0.1, -0.05) is 35.4 Å². The summed E-state index contributed by atoms with van der Waals surface area (Å²) in [4.78, 5) is 20.2. The molecule has 0 N–H and O–H groups in total. The topological polar surface area (TPSA) is 86.4 Å². The van der Waals surface area contributed by atoms with E-state index in [-0.39, 0.29) is 10.5 Å². The molecule has 0 spiro atoms. The van der Waals surface area contributed by atoms with Gasteiger partial charge in [0.05, 0.1) is 41.6 Å². The molecular weight excluding hydrogens is 675 g/mol. The number of hydrogen-bond acceptors (Lipinski definition) is 6. The highest BCUT2D eigenvalue weighted by molar-refractivity contribution is 14.1. The van der Waals surface area contributed by atoms with Crippen LogP contribution in [-0.2, 0) is 21.3 Å². The molecule has 0 atom stereocenters. The number of benzene rings is 2. The van der Waals surface area contributed by atoms with E-state index in [0.29, 0.717) is 60.0 Å². The Bertz CT molecular complexity index is 1930. The first-order valence-corrected chi connectivity index (χ1v) is 15.9. The van der Waals surface area contributed by atoms with E-state index in [2.05, 4.69) is 32.5 Å². The maximum Gasteiger partial charge on any atom is 0.269 e. The van der Waals surface area contributed by atoms with Crippen LogP contribution in [0.2, 0.25) is 5.02 Å². The minimum absolute atomic E-state index is 0.165. The third-order valence-corrected chi connectivity index (χ3v) is 10.4. The molecule has 6 rings (SSSR count). The van der Waals surface area contributed by atoms with Crippen molar-refractivity contribution in [2.24, 2.45) is 0 Å². The van der Waals surface area contributed by atoms with Gasteiger partial charge >= 0.3 is 0 Å². The van der Waals surface area contributed by atoms with Crippen molar-refractivity contribution in [3.63, 3.8) is 0 Å². The standard InChI is InChI=1S/C30H26ClIN4O4S/c1-20-2-5-24(6-3-20)41(38,39)36-19-26(25-16-23(17-33-30(25)36)34-10-12-40-13-11-34)22-8-9-35(29(37)15-22)18-21-4-7-27(31)28(32)14-21/h2-9,14-17,19H,10-13,18H2,1H3. The van der Waals surface area contributed by atoms with Crippen LogP contribution in [0.4, 0.5) is 5.69 Å². The molecule has 11 heteroatoms. The fourth-order valence-electron chi connectivity index (χ4n) is 4.94. The van der Waals surface area contributed by atoms with Crippen molar-refractivity contribution in [1.29, 1.82) is 0 Å². The van der Waals surface area contributed by atoms with Gasteiger partial charge in [-0.2, -0.15) is 0 Å². The molecule has 0 radical (unpaired) electrons. The number of nitrogens with zero attached hydrogens (tertiary/aromatic N) is 4. The van der Waals surface area contributed by atoms with Gasteiger partial charge in [0.2, 0.25) is 0 Å². The quantitative estimate of drug-likeness (QED) is 0.216. The molecule has 41 heavy (non-hydrogen) atoms. The third kappa shape index (κ3) is 5.53. The zero-order valence-electron chi connectivity index (χ0n) is 22.1. The summed E-state index contributed by atoms with van der Waals surface area (Å²) in [5.41, 5.74) is 4.12. The summed E-state index contributed by atoms with van der Waals surface area (Å²) < 4.78 is 36.8. The van der Waals surface area contributed by atoms with E-state index in [4.69, 9.17) is 16.3 Å². The number of aryl methyl sites for hydroxylation is 1. The highest BCUT2D eigenvalue weighted by Crippen LogP contribution is 2.34. The molecule has 5 aromatic rings. The van der Waals surface area contributed by atoms with Gasteiger partial charge in [-0.25, -0.2) is 17.4 Å². The van der Waals surface area contributed by atoms with Crippen molar-refractivity contribution in [3.8, 4) is 11.1 Å². The Kier molecular flexibility index (Phi) is 7.66. The zero-order chi connectivity index (χ0) is 28.7. The molecule has 0 amide bonds. The van der Waals surface area contributed by atoms with Crippen molar-refractivity contribution in [3.05, 3.63) is 109 Å². The number of morpholine rings is 1. The minimum atomic E-state index is -3.95. The van der Waals surface area contributed by atoms with E-state index < -0.39 is 10.0 Å². The Morgan fingerprint density at radius 1 is 1.02 bits per heavy atom. The van der Waals surface area contributed by atoms with Crippen LogP contribution in [-0.4, -0.2) is 48.2 Å². The van der Waals surface area contributed by atoms with Crippen molar-refractivity contribution in [1.82, 2.24) is 13.5 Å². The lowest BCUT2D eigenvalue weighted by atomic mass is 10.1. The largest absolute Gasteiger partial charge is 0.378 e. The summed E-state index contributed by atoms with van der Waals surface area (Å²) in [7, 11) is -3.95. The molecule has 210 valence electrons. The van der Waals surface area contributed by atoms with Crippen LogP contribution in [0.15, 0.2) is 88.9 Å². The lowest BCUT2D eigenvalue weighted by Gasteiger charge is -2.28. The van der Waals surface area contributed by atoms with Crippen molar-refractivity contribution < 1.29 is 13.2 Å². The molecular formula is C30H26ClIN4O4S. The second-order valence-corrected chi connectivity index (χ2v) is 13.3. The maximum absolute atomic E-state index is 13.8. The summed E-state index contributed by atoms with van der Waals surface area (Å²) in [6, 6.07) is 17.7. The Labute approximate surface area is 256 Å². The lowest BCUT2D eigenvalue weighted by Crippen LogP contribution is -2.36. The Morgan fingerprint density at radius 2 is 1.78 bits per heavy atom. The van der Waals surface area contributed by atoms with E-state index in [1.165, 1.54) is 3.97 Å². The van der Waals surface area contributed by atoms with Gasteiger partial charge in [0.15, 0.2) is 5.65 Å². The van der Waals surface area contributed by atoms with Crippen LogP contribution in [0.1, 0.15) is 11.1 Å². The second kappa shape index (κ2) is 11.2. The molecule has 2 aromatic carbocycles. The number of hydrogen-bond donors (Lipinski definition) is 0. The molecule has 0 aliphatic carbocycles. The third-order valence-electron chi connectivity index (χ3n) is 7.20. The van der Waals surface area contributed by atoms with Gasteiger partial charge in [0.25, 0.3) is 15.6 Å². The summed E-state index contributed by atoms with van der Waals surface area (Å²) >= 11 is 8.32.